The third-order valence-corrected chi connectivity index (χ3v) is 12.8. The van der Waals surface area contributed by atoms with Crippen molar-refractivity contribution >= 4 is 59.0 Å². The van der Waals surface area contributed by atoms with E-state index in [-0.39, 0.29) is 43.6 Å². The summed E-state index contributed by atoms with van der Waals surface area (Å²) in [6.45, 7) is 13.6. The van der Waals surface area contributed by atoms with Crippen LogP contribution in [0.3, 0.4) is 0 Å². The number of carboxylic acids is 1. The smallest absolute Gasteiger partial charge is 0.407 e. The molecule has 72 heavy (non-hydrogen) atoms. The van der Waals surface area contributed by atoms with Crippen molar-refractivity contribution in [1.82, 2.24) is 41.5 Å². The molecule has 17 nitrogen and oxygen atoms in total. The Labute approximate surface area is 426 Å². The number of H-pyrrole nitrogens is 1. The van der Waals surface area contributed by atoms with Crippen molar-refractivity contribution in [2.45, 2.75) is 139 Å². The van der Waals surface area contributed by atoms with Gasteiger partial charge in [-0.15, -0.1) is 0 Å². The van der Waals surface area contributed by atoms with Crippen LogP contribution in [0.1, 0.15) is 108 Å². The molecule has 386 valence electrons. The van der Waals surface area contributed by atoms with Gasteiger partial charge in [0.25, 0.3) is 0 Å². The third kappa shape index (κ3) is 17.4. The van der Waals surface area contributed by atoms with Gasteiger partial charge in [-0.2, -0.15) is 0 Å². The molecule has 18 heteroatoms. The first-order valence-corrected chi connectivity index (χ1v) is 25.1. The average Bonchev–Trinajstić information content (AvgIpc) is 3.73. The van der Waals surface area contributed by atoms with E-state index in [0.717, 1.165) is 43.6 Å². The van der Waals surface area contributed by atoms with E-state index in [9.17, 15) is 33.9 Å². The Morgan fingerprint density at radius 1 is 0.792 bits per heavy atom. The molecule has 3 unspecified atom stereocenters. The monoisotopic (exact) mass is 1010 g/mol. The van der Waals surface area contributed by atoms with E-state index in [0.29, 0.717) is 50.1 Å². The van der Waals surface area contributed by atoms with E-state index in [4.69, 9.17) is 14.5 Å². The number of carbonyl (C=O) groups excluding carboxylic acids is 5. The lowest BCUT2D eigenvalue weighted by atomic mass is 9.98. The molecular formula is C54H70N8O9S. The zero-order valence-electron chi connectivity index (χ0n) is 42.6. The van der Waals surface area contributed by atoms with Gasteiger partial charge in [0.1, 0.15) is 22.3 Å². The van der Waals surface area contributed by atoms with Crippen molar-refractivity contribution in [3.8, 4) is 11.1 Å². The third-order valence-electron chi connectivity index (χ3n) is 11.6. The molecule has 0 bridgehead atoms. The lowest BCUT2D eigenvalue weighted by molar-refractivity contribution is -0.137. The molecule has 0 spiro atoms. The van der Waals surface area contributed by atoms with Gasteiger partial charge in [0.05, 0.1) is 11.6 Å². The van der Waals surface area contributed by atoms with Crippen LogP contribution in [0.5, 0.6) is 0 Å². The number of carboxylic acid groups (broad SMARTS) is 1. The summed E-state index contributed by atoms with van der Waals surface area (Å²) in [4.78, 5) is 87.7. The van der Waals surface area contributed by atoms with Crippen molar-refractivity contribution in [3.63, 3.8) is 0 Å². The summed E-state index contributed by atoms with van der Waals surface area (Å²) < 4.78 is 10.8. The molecule has 0 fully saturated rings. The highest BCUT2D eigenvalue weighted by Crippen LogP contribution is 2.37. The Hall–Kier alpha value is -6.92. The maximum Gasteiger partial charge on any atom is 0.407 e. The molecule has 0 saturated heterocycles. The van der Waals surface area contributed by atoms with Crippen LogP contribution in [0.2, 0.25) is 0 Å². The first-order valence-electron chi connectivity index (χ1n) is 24.3. The number of alkyl carbamates (subject to hydrolysis) is 2. The molecule has 3 aromatic carbocycles. The number of aromatic amines is 1. The molecular weight excluding hydrogens is 937 g/mol. The number of ether oxygens (including phenoxy) is 2. The molecule has 2 heterocycles. The molecule has 0 radical (unpaired) electrons. The SMILES string of the molecule is CC(Cc1c[nH]c2ccccc12)N(C)C(=O)C(CCCCNC(=O)OC(C)(C)C)NC(=O)C(CCCNC(=O)OC(C)(C)C)NCc1cccnc1Sc1cccc(-c2ccc(C(=O)O)cc2)c1CNC=O. The zero-order chi connectivity index (χ0) is 52.4. The molecule has 5 amide bonds. The van der Waals surface area contributed by atoms with Crippen LogP contribution >= 0.6 is 11.8 Å². The highest BCUT2D eigenvalue weighted by atomic mass is 32.2. The predicted octanol–water partition coefficient (Wildman–Crippen LogP) is 8.36. The second kappa shape index (κ2) is 26.5. The van der Waals surface area contributed by atoms with E-state index < -0.39 is 47.3 Å². The van der Waals surface area contributed by atoms with Gasteiger partial charge in [-0.1, -0.05) is 60.3 Å². The Morgan fingerprint density at radius 2 is 1.46 bits per heavy atom. The number of benzene rings is 3. The molecule has 5 aromatic rings. The van der Waals surface area contributed by atoms with Crippen LogP contribution in [0.15, 0.2) is 101 Å². The van der Waals surface area contributed by atoms with Gasteiger partial charge >= 0.3 is 18.2 Å². The predicted molar refractivity (Wildman–Crippen MR) is 278 cm³/mol. The van der Waals surface area contributed by atoms with Crippen LogP contribution < -0.4 is 26.6 Å². The quantitative estimate of drug-likeness (QED) is 0.0216. The highest BCUT2D eigenvalue weighted by Gasteiger charge is 2.30. The first kappa shape index (κ1) is 56.0. The number of rotatable bonds is 25. The van der Waals surface area contributed by atoms with Crippen LogP contribution in [0.25, 0.3) is 22.0 Å². The van der Waals surface area contributed by atoms with Gasteiger partial charge in [-0.05, 0) is 145 Å². The molecule has 0 aliphatic heterocycles. The number of hydrogen-bond acceptors (Lipinski definition) is 11. The number of aromatic nitrogens is 2. The van der Waals surface area contributed by atoms with E-state index in [2.05, 4.69) is 31.6 Å². The summed E-state index contributed by atoms with van der Waals surface area (Å²) in [5.74, 6) is -1.70. The molecule has 2 aromatic heterocycles. The number of pyridine rings is 1. The normalized spacial score (nSPS) is 12.8. The van der Waals surface area contributed by atoms with Gasteiger partial charge in [0.15, 0.2) is 0 Å². The minimum atomic E-state index is -1.03. The molecule has 3 atom stereocenters. The second-order valence-electron chi connectivity index (χ2n) is 19.6. The minimum Gasteiger partial charge on any atom is -0.478 e. The van der Waals surface area contributed by atoms with Crippen molar-refractivity contribution in [2.24, 2.45) is 0 Å². The maximum atomic E-state index is 14.6. The Bertz CT molecular complexity index is 2630. The van der Waals surface area contributed by atoms with E-state index in [1.807, 2.05) is 61.7 Å². The van der Waals surface area contributed by atoms with Gasteiger partial charge in [-0.3, -0.25) is 14.4 Å². The van der Waals surface area contributed by atoms with Crippen molar-refractivity contribution in [2.75, 3.05) is 20.1 Å². The zero-order valence-corrected chi connectivity index (χ0v) is 43.4. The van der Waals surface area contributed by atoms with Crippen molar-refractivity contribution < 1.29 is 43.3 Å². The Kier molecular flexibility index (Phi) is 20.6. The Morgan fingerprint density at radius 3 is 2.12 bits per heavy atom. The minimum absolute atomic E-state index is 0.153. The summed E-state index contributed by atoms with van der Waals surface area (Å²) in [6, 6.07) is 22.0. The lowest BCUT2D eigenvalue weighted by Crippen LogP contribution is -2.54. The van der Waals surface area contributed by atoms with Gasteiger partial charge < -0.3 is 51.0 Å². The van der Waals surface area contributed by atoms with Crippen LogP contribution in [-0.2, 0) is 43.4 Å². The van der Waals surface area contributed by atoms with Crippen LogP contribution in [-0.4, -0.2) is 106 Å². The van der Waals surface area contributed by atoms with Gasteiger partial charge in [-0.25, -0.2) is 19.4 Å². The summed E-state index contributed by atoms with van der Waals surface area (Å²) in [5.41, 5.74) is 4.02. The number of para-hydroxylation sites is 1. The number of fused-ring (bicyclic) bond motifs is 1. The standard InChI is InChI=1S/C54H70N8O9S/c1-35(30-39-32-59-43-19-10-9-17-41(39)43)62(8)49(65)45(20-11-12-27-57-51(68)70-53(2,3)4)61-47(64)44(21-15-29-58-52(69)71-54(5,6)7)60-31-38-16-14-28-56-48(38)72-46-22-13-18-40(42(46)33-55-34-63)36-23-25-37(26-24-36)50(66)67/h9-10,13-14,16-19,22-26,28,32,34-35,44-45,59-60H,11-12,15,20-21,27,29-31,33H2,1-8H3,(H,55,63)(H,57,68)(H,58,69)(H,61,64)(H,66,67). The Balaban J connectivity index is 1.38. The molecule has 0 aliphatic carbocycles. The van der Waals surface area contributed by atoms with Crippen LogP contribution in [0, 0.1) is 0 Å². The maximum absolute atomic E-state index is 14.6. The van der Waals surface area contributed by atoms with Crippen molar-refractivity contribution in [3.05, 3.63) is 114 Å². The summed E-state index contributed by atoms with van der Waals surface area (Å²) >= 11 is 1.39. The molecule has 0 saturated carbocycles. The molecule has 0 aliphatic rings. The molecule has 5 rings (SSSR count). The number of nitrogens with one attached hydrogen (secondary N) is 6. The van der Waals surface area contributed by atoms with E-state index in [1.54, 1.807) is 77.9 Å². The number of likely N-dealkylation sites (N-methyl/N-ethyl adjacent to an activating group) is 1. The average molecular weight is 1010 g/mol. The van der Waals surface area contributed by atoms with E-state index in [1.165, 1.54) is 23.9 Å². The van der Waals surface area contributed by atoms with E-state index >= 15 is 0 Å². The fourth-order valence-electron chi connectivity index (χ4n) is 7.90. The summed E-state index contributed by atoms with van der Waals surface area (Å²) in [6.07, 6.45) is 5.72. The fraction of sp³-hybridized carbons (Fsp3) is 0.426. The number of carbonyl (C=O) groups is 6. The van der Waals surface area contributed by atoms with Gasteiger partial charge in [0.2, 0.25) is 18.2 Å². The number of aromatic carboxylic acids is 1. The summed E-state index contributed by atoms with van der Waals surface area (Å²) in [5, 5.41) is 26.0. The topological polar surface area (TPSA) is 233 Å². The number of nitrogens with zero attached hydrogens (tertiary/aromatic N) is 2. The van der Waals surface area contributed by atoms with Crippen molar-refractivity contribution in [1.29, 1.82) is 0 Å². The number of amides is 5. The summed E-state index contributed by atoms with van der Waals surface area (Å²) in [7, 11) is 1.75. The number of unbranched alkanes of at least 4 members (excludes halogenated alkanes) is 1. The van der Waals surface area contributed by atoms with Crippen LogP contribution in [0.4, 0.5) is 9.59 Å². The highest BCUT2D eigenvalue weighted by molar-refractivity contribution is 7.99. The number of hydrogen-bond donors (Lipinski definition) is 7. The molecule has 7 N–H and O–H groups in total. The lowest BCUT2D eigenvalue weighted by Gasteiger charge is -2.31. The van der Waals surface area contributed by atoms with Gasteiger partial charge in [0, 0.05) is 67.5 Å². The fourth-order valence-corrected chi connectivity index (χ4v) is 8.95. The largest absolute Gasteiger partial charge is 0.478 e. The second-order valence-corrected chi connectivity index (χ2v) is 20.6. The first-order chi connectivity index (χ1) is 34.2.